The third-order valence-corrected chi connectivity index (χ3v) is 0.596. The largest absolute Gasteiger partial charge is 0.746 e. The maximum Gasteiger partial charge on any atom is 0.746 e. The van der Waals surface area contributed by atoms with E-state index in [2.05, 4.69) is 4.52 Å². The fourth-order valence-electron chi connectivity index (χ4n) is 0.113. The van der Waals surface area contributed by atoms with Gasteiger partial charge in [0.2, 0.25) is 0 Å². The Kier molecular flexibility index (Phi) is 3.77. The summed E-state index contributed by atoms with van der Waals surface area (Å²) in [6.45, 7) is 0. The van der Waals surface area contributed by atoms with Crippen molar-refractivity contribution in [3.05, 3.63) is 12.3 Å². The molecule has 8 heavy (non-hydrogen) atoms. The summed E-state index contributed by atoms with van der Waals surface area (Å²) < 4.78 is 13.6. The first-order chi connectivity index (χ1) is 3.77. The molecule has 0 aromatic heterocycles. The zero-order valence-electron chi connectivity index (χ0n) is 3.81. The van der Waals surface area contributed by atoms with Crippen molar-refractivity contribution >= 4 is 8.25 Å². The van der Waals surface area contributed by atoms with Crippen LogP contribution in [0.15, 0.2) is 12.3 Å². The van der Waals surface area contributed by atoms with Gasteiger partial charge < -0.3 is 0 Å². The molecular weight excluding hydrogens is 129 g/mol. The molecule has 0 fully saturated rings. The lowest BCUT2D eigenvalue weighted by molar-refractivity contribution is 0.378. The van der Waals surface area contributed by atoms with Gasteiger partial charge in [-0.3, -0.25) is 0 Å². The normalized spacial score (nSPS) is 10.8. The van der Waals surface area contributed by atoms with E-state index in [1.807, 2.05) is 0 Å². The lowest BCUT2D eigenvalue weighted by Crippen LogP contribution is -1.60. The first kappa shape index (κ1) is 7.09. The summed E-state index contributed by atoms with van der Waals surface area (Å²) in [5.74, 6) is 0. The molecule has 0 amide bonds. The summed E-state index contributed by atoms with van der Waals surface area (Å²) in [5, 5.41) is 7.79. The second kappa shape index (κ2) is 4.25. The molecule has 0 aliphatic rings. The Morgan fingerprint density at radius 3 is 2.88 bits per heavy atom. The van der Waals surface area contributed by atoms with Crippen LogP contribution >= 0.6 is 8.25 Å². The summed E-state index contributed by atoms with van der Waals surface area (Å²) >= 11 is 0. The number of allylic oxidation sites excluding steroid dienone is 1. The third-order valence-electron chi connectivity index (χ3n) is 0.294. The smallest absolute Gasteiger partial charge is 0.237 e. The SMILES string of the molecule is N#CC=CO[P+](=O)O. The van der Waals surface area contributed by atoms with Gasteiger partial charge in [-0.15, -0.1) is 4.89 Å². The van der Waals surface area contributed by atoms with Gasteiger partial charge >= 0.3 is 8.25 Å². The van der Waals surface area contributed by atoms with Crippen LogP contribution in [0, 0.1) is 11.3 Å². The quantitative estimate of drug-likeness (QED) is 0.341. The molecule has 0 rings (SSSR count). The van der Waals surface area contributed by atoms with Crippen molar-refractivity contribution in [2.45, 2.75) is 0 Å². The van der Waals surface area contributed by atoms with Crippen LogP contribution in [0.4, 0.5) is 0 Å². The van der Waals surface area contributed by atoms with Crippen LogP contribution in [0.25, 0.3) is 0 Å². The van der Waals surface area contributed by atoms with Crippen molar-refractivity contribution in [2.24, 2.45) is 0 Å². The van der Waals surface area contributed by atoms with Crippen molar-refractivity contribution in [2.75, 3.05) is 0 Å². The van der Waals surface area contributed by atoms with E-state index in [0.717, 1.165) is 12.3 Å². The molecule has 42 valence electrons. The Labute approximate surface area is 47.0 Å². The first-order valence-corrected chi connectivity index (χ1v) is 2.78. The number of rotatable bonds is 2. The molecule has 0 saturated carbocycles. The molecule has 1 N–H and O–H groups in total. The van der Waals surface area contributed by atoms with Crippen molar-refractivity contribution in [3.63, 3.8) is 0 Å². The van der Waals surface area contributed by atoms with E-state index >= 15 is 0 Å². The summed E-state index contributed by atoms with van der Waals surface area (Å²) in [4.78, 5) is 7.91. The van der Waals surface area contributed by atoms with E-state index in [4.69, 9.17) is 10.2 Å². The maximum atomic E-state index is 9.64. The molecule has 4 nitrogen and oxygen atoms in total. The maximum absolute atomic E-state index is 9.64. The molecule has 0 bridgehead atoms. The zero-order valence-corrected chi connectivity index (χ0v) is 4.71. The Morgan fingerprint density at radius 1 is 1.88 bits per heavy atom. The van der Waals surface area contributed by atoms with E-state index < -0.39 is 8.25 Å². The number of nitrogens with zero attached hydrogens (tertiary/aromatic N) is 1. The molecule has 0 aromatic carbocycles. The fourth-order valence-corrected chi connectivity index (χ4v) is 0.278. The van der Waals surface area contributed by atoms with Crippen molar-refractivity contribution in [3.8, 4) is 6.07 Å². The van der Waals surface area contributed by atoms with Crippen LogP contribution in [0.5, 0.6) is 0 Å². The number of hydrogen-bond donors (Lipinski definition) is 1. The summed E-state index contributed by atoms with van der Waals surface area (Å²) in [6, 6.07) is 1.58. The van der Waals surface area contributed by atoms with E-state index in [9.17, 15) is 4.57 Å². The zero-order chi connectivity index (χ0) is 6.41. The molecule has 0 aromatic rings. The molecule has 5 heteroatoms. The summed E-state index contributed by atoms with van der Waals surface area (Å²) in [5.41, 5.74) is 0. The van der Waals surface area contributed by atoms with Crippen LogP contribution in [0.3, 0.4) is 0 Å². The molecule has 0 aliphatic heterocycles. The third kappa shape index (κ3) is 5.09. The Hall–Kier alpha value is -0.910. The fraction of sp³-hybridized carbons (Fsp3) is 0. The van der Waals surface area contributed by atoms with Crippen LogP contribution in [0.2, 0.25) is 0 Å². The Morgan fingerprint density at radius 2 is 2.50 bits per heavy atom. The second-order valence-electron chi connectivity index (χ2n) is 0.775. The highest BCUT2D eigenvalue weighted by Gasteiger charge is 2.06. The molecule has 1 atom stereocenters. The molecule has 1 unspecified atom stereocenters. The van der Waals surface area contributed by atoms with Gasteiger partial charge in [0.05, 0.1) is 12.1 Å². The van der Waals surface area contributed by atoms with Gasteiger partial charge in [0.1, 0.15) is 0 Å². The van der Waals surface area contributed by atoms with E-state index in [0.29, 0.717) is 0 Å². The lowest BCUT2D eigenvalue weighted by Gasteiger charge is -1.66. The molecule has 0 spiro atoms. The monoisotopic (exact) mass is 132 g/mol. The van der Waals surface area contributed by atoms with Crippen LogP contribution in [-0.4, -0.2) is 4.89 Å². The molecule has 0 saturated heterocycles. The molecule has 0 heterocycles. The topological polar surface area (TPSA) is 70.3 Å². The molecule has 0 aliphatic carbocycles. The van der Waals surface area contributed by atoms with Crippen molar-refractivity contribution < 1.29 is 14.0 Å². The minimum absolute atomic E-state index is 0.860. The van der Waals surface area contributed by atoms with Gasteiger partial charge in [-0.2, -0.15) is 5.26 Å². The average Bonchev–Trinajstić information content (AvgIpc) is 1.66. The van der Waals surface area contributed by atoms with Crippen molar-refractivity contribution in [1.82, 2.24) is 0 Å². The van der Waals surface area contributed by atoms with Crippen LogP contribution in [-0.2, 0) is 9.09 Å². The van der Waals surface area contributed by atoms with E-state index in [1.165, 1.54) is 0 Å². The standard InChI is InChI=1S/C3H2NO3P/c4-2-1-3-7-8(5)6/h1,3H/p+1. The van der Waals surface area contributed by atoms with E-state index in [-0.39, 0.29) is 0 Å². The number of nitriles is 1. The summed E-state index contributed by atoms with van der Waals surface area (Å²) in [7, 11) is -2.60. The van der Waals surface area contributed by atoms with Crippen LogP contribution < -0.4 is 0 Å². The Balaban J connectivity index is 3.34. The van der Waals surface area contributed by atoms with Crippen LogP contribution in [0.1, 0.15) is 0 Å². The molecular formula is C3H3NO3P+. The minimum atomic E-state index is -2.60. The van der Waals surface area contributed by atoms with Gasteiger partial charge in [0.15, 0.2) is 6.26 Å². The average molecular weight is 132 g/mol. The van der Waals surface area contributed by atoms with Crippen molar-refractivity contribution in [1.29, 1.82) is 5.26 Å². The summed E-state index contributed by atoms with van der Waals surface area (Å²) in [6.07, 6.45) is 1.82. The minimum Gasteiger partial charge on any atom is -0.237 e. The van der Waals surface area contributed by atoms with E-state index in [1.54, 1.807) is 6.07 Å². The highest BCUT2D eigenvalue weighted by molar-refractivity contribution is 7.32. The number of hydrogen-bond acceptors (Lipinski definition) is 3. The second-order valence-corrected chi connectivity index (χ2v) is 1.46. The predicted octanol–water partition coefficient (Wildman–Crippen LogP) is 0.690. The van der Waals surface area contributed by atoms with Gasteiger partial charge in [-0.05, 0) is 0 Å². The van der Waals surface area contributed by atoms with Gasteiger partial charge in [-0.25, -0.2) is 4.52 Å². The highest BCUT2D eigenvalue weighted by atomic mass is 31.1. The van der Waals surface area contributed by atoms with Gasteiger partial charge in [0, 0.05) is 4.57 Å². The molecule has 0 radical (unpaired) electrons. The first-order valence-electron chi connectivity index (χ1n) is 1.65. The van der Waals surface area contributed by atoms with Gasteiger partial charge in [-0.1, -0.05) is 0 Å². The van der Waals surface area contributed by atoms with Gasteiger partial charge in [0.25, 0.3) is 0 Å². The predicted molar refractivity (Wildman–Crippen MR) is 25.7 cm³/mol. The lowest BCUT2D eigenvalue weighted by atomic mass is 10.7. The Bertz CT molecular complexity index is 147. The highest BCUT2D eigenvalue weighted by Crippen LogP contribution is 2.13.